The van der Waals surface area contributed by atoms with Crippen LogP contribution in [0.15, 0.2) is 18.2 Å². The fourth-order valence-electron chi connectivity index (χ4n) is 1.39. The summed E-state index contributed by atoms with van der Waals surface area (Å²) in [4.78, 5) is 10.1. The monoisotopic (exact) mass is 235 g/mol. The van der Waals surface area contributed by atoms with Gasteiger partial charge in [0.25, 0.3) is 5.69 Å². The third-order valence-electron chi connectivity index (χ3n) is 2.12. The van der Waals surface area contributed by atoms with Crippen molar-refractivity contribution in [2.24, 2.45) is 0 Å². The predicted octanol–water partition coefficient (Wildman–Crippen LogP) is 1.45. The first-order chi connectivity index (χ1) is 8.08. The highest BCUT2D eigenvalue weighted by atomic mass is 16.6. The van der Waals surface area contributed by atoms with Crippen LogP contribution >= 0.6 is 0 Å². The first-order valence-corrected chi connectivity index (χ1v) is 5.08. The lowest BCUT2D eigenvalue weighted by molar-refractivity contribution is -0.385. The van der Waals surface area contributed by atoms with E-state index in [-0.39, 0.29) is 17.4 Å². The van der Waals surface area contributed by atoms with E-state index in [1.54, 1.807) is 19.2 Å². The molecule has 90 valence electrons. The molecule has 1 aromatic rings. The van der Waals surface area contributed by atoms with E-state index in [2.05, 4.69) is 5.32 Å². The van der Waals surface area contributed by atoms with E-state index >= 15 is 0 Å². The molecule has 6 nitrogen and oxygen atoms in total. The van der Waals surface area contributed by atoms with Gasteiger partial charge in [-0.1, -0.05) is 0 Å². The van der Waals surface area contributed by atoms with Crippen LogP contribution in [-0.4, -0.2) is 24.6 Å². The number of likely N-dealkylation sites (N-methyl/N-ethyl adjacent to an activating group) is 1. The maximum absolute atomic E-state index is 10.7. The highest BCUT2D eigenvalue weighted by molar-refractivity contribution is 5.52. The SMILES string of the molecule is CNCC(C)Oc1ccc(C#N)c([N+](=O)[O-])c1. The molecule has 0 aliphatic heterocycles. The molecule has 0 spiro atoms. The van der Waals surface area contributed by atoms with Crippen molar-refractivity contribution in [2.75, 3.05) is 13.6 Å². The number of rotatable bonds is 5. The summed E-state index contributed by atoms with van der Waals surface area (Å²) >= 11 is 0. The standard InChI is InChI=1S/C11H13N3O3/c1-8(7-13-2)17-10-4-3-9(6-12)11(5-10)14(15)16/h3-5,8,13H,7H2,1-2H3. The van der Waals surface area contributed by atoms with Gasteiger partial charge in [-0.25, -0.2) is 0 Å². The molecule has 17 heavy (non-hydrogen) atoms. The molecule has 0 saturated heterocycles. The summed E-state index contributed by atoms with van der Waals surface area (Å²) in [5, 5.41) is 22.4. The van der Waals surface area contributed by atoms with E-state index in [0.29, 0.717) is 12.3 Å². The molecular weight excluding hydrogens is 222 g/mol. The minimum absolute atomic E-state index is 0.0311. The largest absolute Gasteiger partial charge is 0.489 e. The van der Waals surface area contributed by atoms with Crippen molar-refractivity contribution in [1.29, 1.82) is 5.26 Å². The summed E-state index contributed by atoms with van der Waals surface area (Å²) in [7, 11) is 1.79. The number of nitro groups is 1. The van der Waals surface area contributed by atoms with Gasteiger partial charge in [0.1, 0.15) is 23.5 Å². The van der Waals surface area contributed by atoms with Crippen molar-refractivity contribution >= 4 is 5.69 Å². The van der Waals surface area contributed by atoms with E-state index in [0.717, 1.165) is 0 Å². The topological polar surface area (TPSA) is 88.2 Å². The van der Waals surface area contributed by atoms with Gasteiger partial charge in [-0.2, -0.15) is 5.26 Å². The second kappa shape index (κ2) is 5.82. The summed E-state index contributed by atoms with van der Waals surface area (Å²) in [5.41, 5.74) is -0.203. The molecule has 0 aliphatic rings. The predicted molar refractivity (Wildman–Crippen MR) is 61.8 cm³/mol. The molecule has 1 rings (SSSR count). The van der Waals surface area contributed by atoms with Gasteiger partial charge in [-0.05, 0) is 26.1 Å². The fourth-order valence-corrected chi connectivity index (χ4v) is 1.39. The Morgan fingerprint density at radius 1 is 1.65 bits per heavy atom. The Bertz CT molecular complexity index is 454. The van der Waals surface area contributed by atoms with Gasteiger partial charge in [0, 0.05) is 6.54 Å². The van der Waals surface area contributed by atoms with Crippen molar-refractivity contribution < 1.29 is 9.66 Å². The maximum Gasteiger partial charge on any atom is 0.290 e. The second-order valence-electron chi connectivity index (χ2n) is 3.53. The first-order valence-electron chi connectivity index (χ1n) is 5.08. The summed E-state index contributed by atoms with van der Waals surface area (Å²) in [6.07, 6.45) is -0.104. The van der Waals surface area contributed by atoms with E-state index in [1.807, 2.05) is 6.92 Å². The summed E-state index contributed by atoms with van der Waals surface area (Å²) < 4.78 is 5.47. The zero-order chi connectivity index (χ0) is 12.8. The number of ether oxygens (including phenoxy) is 1. The minimum atomic E-state index is -0.589. The smallest absolute Gasteiger partial charge is 0.290 e. The average Bonchev–Trinajstić information content (AvgIpc) is 2.29. The van der Waals surface area contributed by atoms with Crippen molar-refractivity contribution in [2.45, 2.75) is 13.0 Å². The average molecular weight is 235 g/mol. The molecule has 0 bridgehead atoms. The van der Waals surface area contributed by atoms with Gasteiger partial charge < -0.3 is 10.1 Å². The van der Waals surface area contributed by atoms with Crippen LogP contribution in [0.3, 0.4) is 0 Å². The molecule has 1 atom stereocenters. The van der Waals surface area contributed by atoms with E-state index in [4.69, 9.17) is 10.00 Å². The van der Waals surface area contributed by atoms with E-state index in [9.17, 15) is 10.1 Å². The quantitative estimate of drug-likeness (QED) is 0.616. The van der Waals surface area contributed by atoms with E-state index < -0.39 is 4.92 Å². The Morgan fingerprint density at radius 2 is 2.35 bits per heavy atom. The molecule has 0 fully saturated rings. The van der Waals surface area contributed by atoms with Crippen LogP contribution < -0.4 is 10.1 Å². The zero-order valence-electron chi connectivity index (χ0n) is 9.64. The van der Waals surface area contributed by atoms with Crippen LogP contribution in [0, 0.1) is 21.4 Å². The van der Waals surface area contributed by atoms with Crippen LogP contribution in [0.25, 0.3) is 0 Å². The minimum Gasteiger partial charge on any atom is -0.489 e. The summed E-state index contributed by atoms with van der Waals surface area (Å²) in [6.45, 7) is 2.48. The molecule has 6 heteroatoms. The van der Waals surface area contributed by atoms with Gasteiger partial charge in [-0.15, -0.1) is 0 Å². The van der Waals surface area contributed by atoms with Crippen molar-refractivity contribution in [3.05, 3.63) is 33.9 Å². The Morgan fingerprint density at radius 3 is 2.88 bits per heavy atom. The lowest BCUT2D eigenvalue weighted by atomic mass is 10.2. The molecule has 1 unspecified atom stereocenters. The molecule has 0 radical (unpaired) electrons. The summed E-state index contributed by atoms with van der Waals surface area (Å²) in [5.74, 6) is 0.387. The molecule has 0 saturated carbocycles. The van der Waals surface area contributed by atoms with Crippen LogP contribution in [0.5, 0.6) is 5.75 Å². The van der Waals surface area contributed by atoms with Crippen molar-refractivity contribution in [3.63, 3.8) is 0 Å². The summed E-state index contributed by atoms with van der Waals surface area (Å²) in [6, 6.07) is 5.98. The van der Waals surface area contributed by atoms with Gasteiger partial charge in [0.2, 0.25) is 0 Å². The molecular formula is C11H13N3O3. The highest BCUT2D eigenvalue weighted by Crippen LogP contribution is 2.24. The second-order valence-corrected chi connectivity index (χ2v) is 3.53. The Balaban J connectivity index is 2.93. The van der Waals surface area contributed by atoms with Crippen LogP contribution in [0.4, 0.5) is 5.69 Å². The van der Waals surface area contributed by atoms with E-state index in [1.165, 1.54) is 12.1 Å². The third-order valence-corrected chi connectivity index (χ3v) is 2.12. The number of nitrogens with zero attached hydrogens (tertiary/aromatic N) is 2. The Hall–Kier alpha value is -2.13. The third kappa shape index (κ3) is 3.43. The molecule has 0 aromatic heterocycles. The number of nitro benzene ring substituents is 1. The lowest BCUT2D eigenvalue weighted by Gasteiger charge is -2.13. The van der Waals surface area contributed by atoms with Crippen molar-refractivity contribution in [1.82, 2.24) is 5.32 Å². The van der Waals surface area contributed by atoms with Crippen LogP contribution in [-0.2, 0) is 0 Å². The van der Waals surface area contributed by atoms with Crippen LogP contribution in [0.2, 0.25) is 0 Å². The number of nitrogens with one attached hydrogen (secondary N) is 1. The van der Waals surface area contributed by atoms with Gasteiger partial charge in [0.15, 0.2) is 0 Å². The lowest BCUT2D eigenvalue weighted by Crippen LogP contribution is -2.26. The van der Waals surface area contributed by atoms with Gasteiger partial charge in [-0.3, -0.25) is 10.1 Å². The van der Waals surface area contributed by atoms with Crippen molar-refractivity contribution in [3.8, 4) is 11.8 Å². The molecule has 1 N–H and O–H groups in total. The molecule has 0 amide bonds. The van der Waals surface area contributed by atoms with Gasteiger partial charge >= 0.3 is 0 Å². The number of nitriles is 1. The molecule has 0 aliphatic carbocycles. The first kappa shape index (κ1) is 12.9. The zero-order valence-corrected chi connectivity index (χ0v) is 9.64. The Labute approximate surface area is 99.0 Å². The molecule has 0 heterocycles. The number of hydrogen-bond donors (Lipinski definition) is 1. The molecule has 1 aromatic carbocycles. The normalized spacial score (nSPS) is 11.6. The Kier molecular flexibility index (Phi) is 4.43. The number of benzene rings is 1. The maximum atomic E-state index is 10.7. The number of hydrogen-bond acceptors (Lipinski definition) is 5. The van der Waals surface area contributed by atoms with Gasteiger partial charge in [0.05, 0.1) is 11.0 Å². The highest BCUT2D eigenvalue weighted by Gasteiger charge is 2.15. The fraction of sp³-hybridized carbons (Fsp3) is 0.364. The van der Waals surface area contributed by atoms with Crippen LogP contribution in [0.1, 0.15) is 12.5 Å².